The summed E-state index contributed by atoms with van der Waals surface area (Å²) >= 11 is 0. The Morgan fingerprint density at radius 1 is 0.920 bits per heavy atom. The molecular weight excluding hydrogens is 333 g/mol. The fourth-order valence-corrected chi connectivity index (χ4v) is 3.66. The van der Waals surface area contributed by atoms with Gasteiger partial charge in [-0.1, -0.05) is 69.7 Å². The Kier molecular flexibility index (Phi) is 12.1. The van der Waals surface area contributed by atoms with Gasteiger partial charge < -0.3 is 15.3 Å². The van der Waals surface area contributed by atoms with Crippen molar-refractivity contribution in [2.45, 2.75) is 71.3 Å². The number of rotatable bonds is 15. The average molecular weight is 369 g/mol. The maximum Gasteiger partial charge on any atom is 0.225 e. The van der Waals surface area contributed by atoms with E-state index in [1.165, 1.54) is 56.1 Å². The standard InChI is InChI=1S/C20H36NO3P/c1-2-3-4-5-6-7-8-10-19-11-13-20(14-12-19)17-21-15-9-16-25(23,24)18-22/h11-14,21-22H,2-10,15-18H2,1H3,(H,23,24). The Morgan fingerprint density at radius 3 is 2.16 bits per heavy atom. The van der Waals surface area contributed by atoms with Crippen molar-refractivity contribution in [3.63, 3.8) is 0 Å². The molecule has 3 N–H and O–H groups in total. The van der Waals surface area contributed by atoms with Crippen molar-refractivity contribution in [3.05, 3.63) is 35.4 Å². The third kappa shape index (κ3) is 11.5. The van der Waals surface area contributed by atoms with Gasteiger partial charge in [-0.2, -0.15) is 0 Å². The molecule has 0 fully saturated rings. The third-order valence-corrected chi connectivity index (χ3v) is 5.96. The van der Waals surface area contributed by atoms with Crippen LogP contribution in [-0.4, -0.2) is 29.1 Å². The van der Waals surface area contributed by atoms with Gasteiger partial charge in [-0.05, 0) is 36.9 Å². The molecule has 0 aliphatic rings. The van der Waals surface area contributed by atoms with Gasteiger partial charge in [0.05, 0.1) is 0 Å². The van der Waals surface area contributed by atoms with Crippen molar-refractivity contribution >= 4 is 7.37 Å². The molecule has 1 rings (SSSR count). The highest BCUT2D eigenvalue weighted by atomic mass is 31.2. The predicted octanol–water partition coefficient (Wildman–Crippen LogP) is 4.68. The van der Waals surface area contributed by atoms with Gasteiger partial charge >= 0.3 is 0 Å². The van der Waals surface area contributed by atoms with Crippen LogP contribution in [0.4, 0.5) is 0 Å². The molecule has 0 aromatic heterocycles. The Labute approximate surface area is 153 Å². The molecule has 1 aromatic rings. The van der Waals surface area contributed by atoms with Gasteiger partial charge in [-0.25, -0.2) is 0 Å². The Hall–Kier alpha value is -0.670. The van der Waals surface area contributed by atoms with E-state index in [1.54, 1.807) is 0 Å². The molecule has 0 aliphatic carbocycles. The molecule has 0 bridgehead atoms. The van der Waals surface area contributed by atoms with E-state index in [2.05, 4.69) is 36.5 Å². The number of unbranched alkanes of at least 4 members (excludes halogenated alkanes) is 6. The number of nitrogens with one attached hydrogen (secondary N) is 1. The van der Waals surface area contributed by atoms with Gasteiger partial charge in [0, 0.05) is 12.7 Å². The Morgan fingerprint density at radius 2 is 1.52 bits per heavy atom. The highest BCUT2D eigenvalue weighted by molar-refractivity contribution is 7.57. The minimum Gasteiger partial charge on any atom is -0.386 e. The highest BCUT2D eigenvalue weighted by Crippen LogP contribution is 2.39. The second kappa shape index (κ2) is 13.5. The summed E-state index contributed by atoms with van der Waals surface area (Å²) < 4.78 is 11.3. The fourth-order valence-electron chi connectivity index (χ4n) is 2.86. The zero-order valence-corrected chi connectivity index (χ0v) is 16.6. The molecule has 1 aromatic carbocycles. The van der Waals surface area contributed by atoms with Crippen LogP contribution in [0.25, 0.3) is 0 Å². The summed E-state index contributed by atoms with van der Waals surface area (Å²) in [4.78, 5) is 9.29. The van der Waals surface area contributed by atoms with Crippen molar-refractivity contribution < 1.29 is 14.6 Å². The van der Waals surface area contributed by atoms with Gasteiger partial charge in [0.1, 0.15) is 6.35 Å². The van der Waals surface area contributed by atoms with E-state index in [1.807, 2.05) is 0 Å². The first-order chi connectivity index (χ1) is 12.1. The van der Waals surface area contributed by atoms with Gasteiger partial charge in [-0.15, -0.1) is 0 Å². The summed E-state index contributed by atoms with van der Waals surface area (Å²) in [5, 5.41) is 12.0. The molecular formula is C20H36NO3P. The summed E-state index contributed by atoms with van der Waals surface area (Å²) in [6, 6.07) is 8.74. The molecule has 0 saturated carbocycles. The van der Waals surface area contributed by atoms with E-state index in [0.29, 0.717) is 13.0 Å². The van der Waals surface area contributed by atoms with Crippen LogP contribution in [0.2, 0.25) is 0 Å². The summed E-state index contributed by atoms with van der Waals surface area (Å²) in [6.07, 6.45) is 10.7. The average Bonchev–Trinajstić information content (AvgIpc) is 2.62. The van der Waals surface area contributed by atoms with Gasteiger partial charge in [0.15, 0.2) is 0 Å². The molecule has 0 heterocycles. The molecule has 144 valence electrons. The van der Waals surface area contributed by atoms with Crippen LogP contribution in [0.3, 0.4) is 0 Å². The third-order valence-electron chi connectivity index (χ3n) is 4.50. The Balaban J connectivity index is 2.10. The van der Waals surface area contributed by atoms with E-state index in [0.717, 1.165) is 13.0 Å². The number of aliphatic hydroxyl groups excluding tert-OH is 1. The van der Waals surface area contributed by atoms with Gasteiger partial charge in [0.2, 0.25) is 7.37 Å². The summed E-state index contributed by atoms with van der Waals surface area (Å²) in [5.41, 5.74) is 2.64. The maximum absolute atomic E-state index is 11.3. The van der Waals surface area contributed by atoms with Crippen molar-refractivity contribution in [2.75, 3.05) is 19.1 Å². The zero-order valence-electron chi connectivity index (χ0n) is 15.8. The number of aliphatic hydroxyl groups is 1. The minimum atomic E-state index is -3.30. The summed E-state index contributed by atoms with van der Waals surface area (Å²) in [6.45, 7) is 3.71. The lowest BCUT2D eigenvalue weighted by molar-refractivity contribution is 0.332. The zero-order chi connectivity index (χ0) is 18.4. The lowest BCUT2D eigenvalue weighted by Crippen LogP contribution is -2.16. The van der Waals surface area contributed by atoms with E-state index in [9.17, 15) is 9.46 Å². The van der Waals surface area contributed by atoms with Crippen molar-refractivity contribution in [2.24, 2.45) is 0 Å². The SMILES string of the molecule is CCCCCCCCCc1ccc(CNCCCP(=O)(O)CO)cc1. The molecule has 25 heavy (non-hydrogen) atoms. The monoisotopic (exact) mass is 369 g/mol. The van der Waals surface area contributed by atoms with E-state index < -0.39 is 13.7 Å². The Bertz CT molecular complexity index is 490. The summed E-state index contributed by atoms with van der Waals surface area (Å²) in [5.74, 6) is 0. The lowest BCUT2D eigenvalue weighted by atomic mass is 10.0. The van der Waals surface area contributed by atoms with Crippen molar-refractivity contribution in [1.82, 2.24) is 5.32 Å². The van der Waals surface area contributed by atoms with Gasteiger partial charge in [0.25, 0.3) is 0 Å². The van der Waals surface area contributed by atoms with E-state index in [4.69, 9.17) is 5.11 Å². The molecule has 1 unspecified atom stereocenters. The van der Waals surface area contributed by atoms with Crippen LogP contribution in [0.15, 0.2) is 24.3 Å². The molecule has 5 heteroatoms. The highest BCUT2D eigenvalue weighted by Gasteiger charge is 2.14. The summed E-state index contributed by atoms with van der Waals surface area (Å²) in [7, 11) is -3.30. The predicted molar refractivity (Wildman–Crippen MR) is 106 cm³/mol. The maximum atomic E-state index is 11.3. The molecule has 0 saturated heterocycles. The minimum absolute atomic E-state index is 0.174. The molecule has 1 atom stereocenters. The molecule has 0 amide bonds. The molecule has 0 radical (unpaired) electrons. The van der Waals surface area contributed by atoms with Crippen LogP contribution in [0, 0.1) is 0 Å². The largest absolute Gasteiger partial charge is 0.386 e. The smallest absolute Gasteiger partial charge is 0.225 e. The normalized spacial score (nSPS) is 13.7. The van der Waals surface area contributed by atoms with Crippen LogP contribution in [0.5, 0.6) is 0 Å². The quantitative estimate of drug-likeness (QED) is 0.310. The molecule has 0 spiro atoms. The molecule has 4 nitrogen and oxygen atoms in total. The first-order valence-electron chi connectivity index (χ1n) is 9.77. The fraction of sp³-hybridized carbons (Fsp3) is 0.700. The topological polar surface area (TPSA) is 69.6 Å². The van der Waals surface area contributed by atoms with Crippen LogP contribution in [0.1, 0.15) is 69.4 Å². The number of hydrogen-bond acceptors (Lipinski definition) is 3. The number of hydrogen-bond donors (Lipinski definition) is 3. The van der Waals surface area contributed by atoms with E-state index in [-0.39, 0.29) is 6.16 Å². The second-order valence-corrected chi connectivity index (χ2v) is 9.35. The first kappa shape index (κ1) is 22.4. The lowest BCUT2D eigenvalue weighted by Gasteiger charge is -2.09. The number of aryl methyl sites for hydroxylation is 1. The van der Waals surface area contributed by atoms with Crippen LogP contribution < -0.4 is 5.32 Å². The first-order valence-corrected chi connectivity index (χ1v) is 11.8. The molecule has 0 aliphatic heterocycles. The number of benzene rings is 1. The van der Waals surface area contributed by atoms with Crippen molar-refractivity contribution in [3.8, 4) is 0 Å². The van der Waals surface area contributed by atoms with Crippen molar-refractivity contribution in [1.29, 1.82) is 0 Å². The van der Waals surface area contributed by atoms with E-state index >= 15 is 0 Å². The second-order valence-electron chi connectivity index (χ2n) is 6.93. The van der Waals surface area contributed by atoms with Crippen LogP contribution >= 0.6 is 7.37 Å². The van der Waals surface area contributed by atoms with Crippen LogP contribution in [-0.2, 0) is 17.5 Å². The van der Waals surface area contributed by atoms with Gasteiger partial charge in [-0.3, -0.25) is 4.57 Å².